The Hall–Kier alpha value is -6.38. The minimum absolute atomic E-state index is 0.890. The van der Waals surface area contributed by atoms with Crippen molar-refractivity contribution in [2.75, 3.05) is 4.90 Å². The van der Waals surface area contributed by atoms with Crippen molar-refractivity contribution in [3.8, 4) is 33.4 Å². The highest BCUT2D eigenvalue weighted by molar-refractivity contribution is 6.19. The van der Waals surface area contributed by atoms with E-state index in [-0.39, 0.29) is 0 Å². The number of nitrogens with zero attached hydrogens (tertiary/aromatic N) is 1. The summed E-state index contributed by atoms with van der Waals surface area (Å²) in [6.45, 7) is 2.21. The molecule has 0 unspecified atom stereocenters. The molecule has 0 fully saturated rings. The number of aryl methyl sites for hydroxylation is 1. The number of furan rings is 1. The summed E-state index contributed by atoms with van der Waals surface area (Å²) in [6.07, 6.45) is 0. The van der Waals surface area contributed by atoms with Gasteiger partial charge in [0.25, 0.3) is 0 Å². The van der Waals surface area contributed by atoms with Gasteiger partial charge in [0.15, 0.2) is 0 Å². The first kappa shape index (κ1) is 28.8. The zero-order valence-corrected chi connectivity index (χ0v) is 27.2. The summed E-state index contributed by atoms with van der Waals surface area (Å²) >= 11 is 0. The standard InChI is InChI=1S/C47H33NO/c1-32-31-37(34-15-6-3-7-16-34)26-30-43(32)48(38-27-23-35(24-28-38)33-13-4-2-5-14-33)44-21-11-10-19-40(44)41-20-12-22-45-46(41)42-29-25-36-17-8-9-18-39(36)47(42)49-45/h2-31H,1H3. The van der Waals surface area contributed by atoms with Crippen LogP contribution in [0.5, 0.6) is 0 Å². The minimum atomic E-state index is 0.890. The molecule has 0 atom stereocenters. The van der Waals surface area contributed by atoms with E-state index in [1.54, 1.807) is 0 Å². The zero-order valence-electron chi connectivity index (χ0n) is 27.2. The number of fused-ring (bicyclic) bond motifs is 5. The van der Waals surface area contributed by atoms with Crippen molar-refractivity contribution in [2.24, 2.45) is 0 Å². The Kier molecular flexibility index (Phi) is 7.06. The molecule has 232 valence electrons. The van der Waals surface area contributed by atoms with E-state index >= 15 is 0 Å². The van der Waals surface area contributed by atoms with E-state index in [1.807, 2.05) is 0 Å². The molecule has 0 bridgehead atoms. The van der Waals surface area contributed by atoms with E-state index in [0.717, 1.165) is 55.5 Å². The van der Waals surface area contributed by atoms with Crippen molar-refractivity contribution < 1.29 is 4.42 Å². The fraction of sp³-hybridized carbons (Fsp3) is 0.0213. The van der Waals surface area contributed by atoms with Crippen molar-refractivity contribution in [2.45, 2.75) is 6.92 Å². The van der Waals surface area contributed by atoms with Crippen molar-refractivity contribution in [3.63, 3.8) is 0 Å². The van der Waals surface area contributed by atoms with Crippen molar-refractivity contribution in [1.82, 2.24) is 0 Å². The monoisotopic (exact) mass is 627 g/mol. The van der Waals surface area contributed by atoms with Crippen molar-refractivity contribution in [3.05, 3.63) is 188 Å². The lowest BCUT2D eigenvalue weighted by Gasteiger charge is -2.30. The first-order valence-electron chi connectivity index (χ1n) is 16.8. The summed E-state index contributed by atoms with van der Waals surface area (Å²) in [5.74, 6) is 0. The third-order valence-corrected chi connectivity index (χ3v) is 9.60. The number of para-hydroxylation sites is 1. The fourth-order valence-corrected chi connectivity index (χ4v) is 7.23. The first-order chi connectivity index (χ1) is 24.2. The van der Waals surface area contributed by atoms with Crippen LogP contribution in [-0.2, 0) is 0 Å². The molecule has 0 aliphatic rings. The van der Waals surface area contributed by atoms with Gasteiger partial charge in [-0.25, -0.2) is 0 Å². The Morgan fingerprint density at radius 1 is 0.429 bits per heavy atom. The van der Waals surface area contributed by atoms with Gasteiger partial charge in [-0.15, -0.1) is 0 Å². The second-order valence-corrected chi connectivity index (χ2v) is 12.6. The molecule has 0 spiro atoms. The molecule has 0 aliphatic carbocycles. The maximum atomic E-state index is 6.61. The van der Waals surface area contributed by atoms with E-state index in [4.69, 9.17) is 4.42 Å². The van der Waals surface area contributed by atoms with Gasteiger partial charge in [0.05, 0.1) is 5.69 Å². The topological polar surface area (TPSA) is 16.4 Å². The summed E-state index contributed by atoms with van der Waals surface area (Å²) in [4.78, 5) is 2.41. The van der Waals surface area contributed by atoms with Crippen LogP contribution in [0.15, 0.2) is 186 Å². The molecule has 8 aromatic carbocycles. The molecule has 49 heavy (non-hydrogen) atoms. The predicted molar refractivity (Wildman–Crippen MR) is 207 cm³/mol. The van der Waals surface area contributed by atoms with E-state index in [9.17, 15) is 0 Å². The van der Waals surface area contributed by atoms with Gasteiger partial charge in [0.2, 0.25) is 0 Å². The van der Waals surface area contributed by atoms with E-state index < -0.39 is 0 Å². The van der Waals surface area contributed by atoms with E-state index in [0.29, 0.717) is 0 Å². The average molecular weight is 628 g/mol. The molecule has 0 aliphatic heterocycles. The van der Waals surface area contributed by atoms with Crippen LogP contribution in [0.2, 0.25) is 0 Å². The van der Waals surface area contributed by atoms with Gasteiger partial charge in [0.1, 0.15) is 11.2 Å². The van der Waals surface area contributed by atoms with Crippen LogP contribution in [0.4, 0.5) is 17.1 Å². The highest BCUT2D eigenvalue weighted by Gasteiger charge is 2.22. The Morgan fingerprint density at radius 3 is 1.84 bits per heavy atom. The molecule has 0 N–H and O–H groups in total. The van der Waals surface area contributed by atoms with E-state index in [1.165, 1.54) is 33.2 Å². The Labute approximate surface area is 286 Å². The molecule has 0 saturated heterocycles. The van der Waals surface area contributed by atoms with Crippen LogP contribution in [0.25, 0.3) is 66.1 Å². The van der Waals surface area contributed by atoms with E-state index in [2.05, 4.69) is 194 Å². The quantitative estimate of drug-likeness (QED) is 0.182. The number of anilines is 3. The van der Waals surface area contributed by atoms with Gasteiger partial charge in [-0.05, 0) is 88.2 Å². The average Bonchev–Trinajstić information content (AvgIpc) is 3.56. The van der Waals surface area contributed by atoms with Gasteiger partial charge >= 0.3 is 0 Å². The highest BCUT2D eigenvalue weighted by Crippen LogP contribution is 2.46. The molecule has 1 aromatic heterocycles. The molecular formula is C47H33NO. The second-order valence-electron chi connectivity index (χ2n) is 12.6. The normalized spacial score (nSPS) is 11.4. The lowest BCUT2D eigenvalue weighted by molar-refractivity contribution is 0.673. The van der Waals surface area contributed by atoms with Gasteiger partial charge in [0, 0.05) is 33.1 Å². The van der Waals surface area contributed by atoms with Crippen LogP contribution in [0, 0.1) is 6.92 Å². The van der Waals surface area contributed by atoms with Gasteiger partial charge < -0.3 is 9.32 Å². The fourth-order valence-electron chi connectivity index (χ4n) is 7.23. The van der Waals surface area contributed by atoms with Crippen LogP contribution >= 0.6 is 0 Å². The summed E-state index contributed by atoms with van der Waals surface area (Å²) in [7, 11) is 0. The zero-order chi connectivity index (χ0) is 32.7. The molecule has 0 saturated carbocycles. The van der Waals surface area contributed by atoms with Crippen LogP contribution < -0.4 is 4.90 Å². The molecule has 0 amide bonds. The Morgan fingerprint density at radius 2 is 1.06 bits per heavy atom. The Balaban J connectivity index is 1.26. The molecule has 1 heterocycles. The summed E-state index contributed by atoms with van der Waals surface area (Å²) < 4.78 is 6.61. The lowest BCUT2D eigenvalue weighted by atomic mass is 9.95. The number of hydrogen-bond acceptors (Lipinski definition) is 2. The SMILES string of the molecule is Cc1cc(-c2ccccc2)ccc1N(c1ccc(-c2ccccc2)cc1)c1ccccc1-c1cccc2oc3c4ccccc4ccc3c12. The number of rotatable bonds is 6. The summed E-state index contributed by atoms with van der Waals surface area (Å²) in [5, 5.41) is 4.56. The Bertz CT molecular complexity index is 2600. The number of hydrogen-bond donors (Lipinski definition) is 0. The highest BCUT2D eigenvalue weighted by atomic mass is 16.3. The molecule has 9 aromatic rings. The minimum Gasteiger partial charge on any atom is -0.455 e. The number of benzene rings is 8. The summed E-state index contributed by atoms with van der Waals surface area (Å²) in [5.41, 5.74) is 13.4. The molecule has 2 nitrogen and oxygen atoms in total. The third-order valence-electron chi connectivity index (χ3n) is 9.60. The third kappa shape index (κ3) is 5.06. The molecule has 0 radical (unpaired) electrons. The van der Waals surface area contributed by atoms with Gasteiger partial charge in [-0.2, -0.15) is 0 Å². The maximum Gasteiger partial charge on any atom is 0.143 e. The van der Waals surface area contributed by atoms with Crippen LogP contribution in [0.3, 0.4) is 0 Å². The van der Waals surface area contributed by atoms with Gasteiger partial charge in [-0.1, -0.05) is 140 Å². The van der Waals surface area contributed by atoms with Gasteiger partial charge in [-0.3, -0.25) is 0 Å². The first-order valence-corrected chi connectivity index (χ1v) is 16.8. The largest absolute Gasteiger partial charge is 0.455 e. The van der Waals surface area contributed by atoms with Crippen molar-refractivity contribution >= 4 is 49.8 Å². The van der Waals surface area contributed by atoms with Crippen LogP contribution in [0.1, 0.15) is 5.56 Å². The predicted octanol–water partition coefficient (Wildman–Crippen LogP) is 13.5. The molecule has 9 rings (SSSR count). The van der Waals surface area contributed by atoms with Crippen LogP contribution in [-0.4, -0.2) is 0 Å². The van der Waals surface area contributed by atoms with Crippen molar-refractivity contribution in [1.29, 1.82) is 0 Å². The smallest absolute Gasteiger partial charge is 0.143 e. The second kappa shape index (κ2) is 12.0. The lowest BCUT2D eigenvalue weighted by Crippen LogP contribution is -2.12. The summed E-state index contributed by atoms with van der Waals surface area (Å²) in [6, 6.07) is 64.9. The molecule has 2 heteroatoms. The molecular weight excluding hydrogens is 595 g/mol. The maximum absolute atomic E-state index is 6.61.